The molecule has 0 N–H and O–H groups in total. The molecule has 7 unspecified atom stereocenters. The first kappa shape index (κ1) is 23.9. The van der Waals surface area contributed by atoms with E-state index in [-0.39, 0.29) is 12.1 Å². The molecule has 0 aromatic heterocycles. The Hall–Kier alpha value is -0.860. The largest absolute Gasteiger partial charge is 0.462 e. The van der Waals surface area contributed by atoms with Crippen molar-refractivity contribution in [3.8, 4) is 0 Å². The summed E-state index contributed by atoms with van der Waals surface area (Å²) < 4.78 is 6.18. The number of carbonyl (C=O) groups excluding carboxylic acids is 2. The van der Waals surface area contributed by atoms with E-state index in [1.165, 1.54) is 44.9 Å². The molecule has 5 aliphatic rings. The Labute approximate surface area is 202 Å². The van der Waals surface area contributed by atoms with E-state index >= 15 is 0 Å². The van der Waals surface area contributed by atoms with Crippen LogP contribution in [0.1, 0.15) is 106 Å². The summed E-state index contributed by atoms with van der Waals surface area (Å²) in [6.45, 7) is 13.7. The van der Waals surface area contributed by atoms with Crippen LogP contribution in [0.15, 0.2) is 0 Å². The fourth-order valence-electron chi connectivity index (χ4n) is 10.4. The molecule has 3 heteroatoms. The van der Waals surface area contributed by atoms with Crippen LogP contribution in [0.2, 0.25) is 0 Å². The highest BCUT2D eigenvalue weighted by molar-refractivity contribution is 5.83. The quantitative estimate of drug-likeness (QED) is 0.415. The number of ether oxygens (including phenoxy) is 1. The standard InChI is InChI=1S/C30H48O3/c1-7-26(32)22-16-21(22)18(3)23-8-9-24-28-25(11-13-30(23,24)6)29(5)12-10-17(2)14-20(29)15-27(28)33-19(4)31/h17-18,20-25,27-28H,7-16H2,1-6H3/t17-,18?,20+,21?,22?,23?,24?,25?,27-,28?,29+,30-/m1/s1. The van der Waals surface area contributed by atoms with Gasteiger partial charge in [0.25, 0.3) is 0 Å². The Morgan fingerprint density at radius 1 is 0.970 bits per heavy atom. The first-order valence-electron chi connectivity index (χ1n) is 14.3. The minimum Gasteiger partial charge on any atom is -0.462 e. The Morgan fingerprint density at radius 2 is 1.67 bits per heavy atom. The molecule has 0 spiro atoms. The van der Waals surface area contributed by atoms with Crippen molar-refractivity contribution in [1.29, 1.82) is 0 Å². The van der Waals surface area contributed by atoms with Crippen molar-refractivity contribution in [1.82, 2.24) is 0 Å². The molecule has 0 amide bonds. The van der Waals surface area contributed by atoms with Crippen LogP contribution in [-0.2, 0) is 14.3 Å². The molecular formula is C30H48O3. The van der Waals surface area contributed by atoms with E-state index in [1.54, 1.807) is 6.92 Å². The van der Waals surface area contributed by atoms with Crippen LogP contribution >= 0.6 is 0 Å². The number of hydrogen-bond acceptors (Lipinski definition) is 3. The molecule has 3 nitrogen and oxygen atoms in total. The van der Waals surface area contributed by atoms with E-state index in [4.69, 9.17) is 4.74 Å². The molecule has 5 aliphatic carbocycles. The number of ketones is 1. The van der Waals surface area contributed by atoms with Gasteiger partial charge in [0, 0.05) is 25.2 Å². The van der Waals surface area contributed by atoms with E-state index in [0.29, 0.717) is 64.5 Å². The smallest absolute Gasteiger partial charge is 0.302 e. The minimum absolute atomic E-state index is 0.0831. The fraction of sp³-hybridized carbons (Fsp3) is 0.933. The first-order valence-corrected chi connectivity index (χ1v) is 14.3. The molecule has 0 aromatic carbocycles. The molecular weight excluding hydrogens is 408 g/mol. The molecule has 0 heterocycles. The summed E-state index contributed by atoms with van der Waals surface area (Å²) in [6, 6.07) is 0. The second-order valence-electron chi connectivity index (χ2n) is 13.7. The highest BCUT2D eigenvalue weighted by Crippen LogP contribution is 2.70. The molecule has 5 fully saturated rings. The van der Waals surface area contributed by atoms with Gasteiger partial charge in [-0.25, -0.2) is 0 Å². The highest BCUT2D eigenvalue weighted by atomic mass is 16.5. The average molecular weight is 457 g/mol. The van der Waals surface area contributed by atoms with Crippen molar-refractivity contribution >= 4 is 11.8 Å². The molecule has 0 aromatic rings. The second kappa shape index (κ2) is 8.37. The second-order valence-corrected chi connectivity index (χ2v) is 13.7. The van der Waals surface area contributed by atoms with Crippen LogP contribution in [0.25, 0.3) is 0 Å². The van der Waals surface area contributed by atoms with Gasteiger partial charge >= 0.3 is 5.97 Å². The summed E-state index contributed by atoms with van der Waals surface area (Å²) in [6.07, 6.45) is 12.3. The Balaban J connectivity index is 1.41. The number of hydrogen-bond donors (Lipinski definition) is 0. The van der Waals surface area contributed by atoms with Crippen molar-refractivity contribution in [3.63, 3.8) is 0 Å². The SMILES string of the molecule is CCC(=O)C1CC1C(C)C1CCC2C3C(CC[C@]12C)[C@@]1(C)CC[C@@H](C)C[C@H]1C[C@H]3OC(C)=O. The summed E-state index contributed by atoms with van der Waals surface area (Å²) in [5.74, 6) is 6.16. The lowest BCUT2D eigenvalue weighted by Crippen LogP contribution is -2.59. The van der Waals surface area contributed by atoms with Gasteiger partial charge in [-0.2, -0.15) is 0 Å². The van der Waals surface area contributed by atoms with E-state index < -0.39 is 0 Å². The van der Waals surface area contributed by atoms with Crippen molar-refractivity contribution in [3.05, 3.63) is 0 Å². The number of esters is 1. The molecule has 33 heavy (non-hydrogen) atoms. The fourth-order valence-corrected chi connectivity index (χ4v) is 10.4. The van der Waals surface area contributed by atoms with Gasteiger partial charge in [-0.1, -0.05) is 41.0 Å². The Bertz CT molecular complexity index is 789. The van der Waals surface area contributed by atoms with Gasteiger partial charge in [0.2, 0.25) is 0 Å². The summed E-state index contributed by atoms with van der Waals surface area (Å²) in [4.78, 5) is 24.6. The van der Waals surface area contributed by atoms with Crippen molar-refractivity contribution in [2.45, 2.75) is 112 Å². The highest BCUT2D eigenvalue weighted by Gasteiger charge is 2.64. The molecule has 186 valence electrons. The third kappa shape index (κ3) is 3.74. The first-order chi connectivity index (χ1) is 15.6. The number of rotatable bonds is 5. The summed E-state index contributed by atoms with van der Waals surface area (Å²) >= 11 is 0. The van der Waals surface area contributed by atoms with Crippen LogP contribution in [0.4, 0.5) is 0 Å². The van der Waals surface area contributed by atoms with Gasteiger partial charge in [-0.15, -0.1) is 0 Å². The lowest BCUT2D eigenvalue weighted by molar-refractivity contribution is -0.191. The molecule has 0 radical (unpaired) electrons. The maximum Gasteiger partial charge on any atom is 0.302 e. The lowest BCUT2D eigenvalue weighted by atomic mass is 9.43. The van der Waals surface area contributed by atoms with Crippen LogP contribution in [0.5, 0.6) is 0 Å². The summed E-state index contributed by atoms with van der Waals surface area (Å²) in [5, 5.41) is 0. The zero-order valence-electron chi connectivity index (χ0n) is 22.1. The van der Waals surface area contributed by atoms with Gasteiger partial charge < -0.3 is 4.74 Å². The number of fused-ring (bicyclic) bond motifs is 5. The molecule has 5 rings (SSSR count). The van der Waals surface area contributed by atoms with E-state index in [1.807, 2.05) is 6.92 Å². The normalized spacial score (nSPS) is 51.6. The van der Waals surface area contributed by atoms with Crippen LogP contribution in [0, 0.1) is 64.1 Å². The molecule has 0 aliphatic heterocycles. The molecule has 0 bridgehead atoms. The zero-order valence-corrected chi connectivity index (χ0v) is 22.1. The monoisotopic (exact) mass is 456 g/mol. The third-order valence-electron chi connectivity index (χ3n) is 12.2. The maximum absolute atomic E-state index is 12.3. The summed E-state index contributed by atoms with van der Waals surface area (Å²) in [5.41, 5.74) is 0.764. The van der Waals surface area contributed by atoms with Crippen LogP contribution < -0.4 is 0 Å². The predicted molar refractivity (Wildman–Crippen MR) is 131 cm³/mol. The van der Waals surface area contributed by atoms with Gasteiger partial charge in [0.1, 0.15) is 11.9 Å². The Morgan fingerprint density at radius 3 is 2.36 bits per heavy atom. The number of carbonyl (C=O) groups is 2. The van der Waals surface area contributed by atoms with E-state index in [0.717, 1.165) is 24.7 Å². The average Bonchev–Trinajstić information content (AvgIpc) is 3.48. The van der Waals surface area contributed by atoms with Crippen LogP contribution in [0.3, 0.4) is 0 Å². The van der Waals surface area contributed by atoms with Crippen molar-refractivity contribution in [2.75, 3.05) is 0 Å². The van der Waals surface area contributed by atoms with Crippen molar-refractivity contribution in [2.24, 2.45) is 64.1 Å². The van der Waals surface area contributed by atoms with E-state index in [2.05, 4.69) is 27.7 Å². The Kier molecular flexibility index (Phi) is 6.05. The van der Waals surface area contributed by atoms with Gasteiger partial charge in [-0.3, -0.25) is 9.59 Å². The van der Waals surface area contributed by atoms with Crippen molar-refractivity contribution < 1.29 is 14.3 Å². The third-order valence-corrected chi connectivity index (χ3v) is 12.2. The van der Waals surface area contributed by atoms with Gasteiger partial charge in [-0.05, 0) is 104 Å². The minimum atomic E-state index is -0.0831. The maximum atomic E-state index is 12.3. The van der Waals surface area contributed by atoms with Gasteiger partial charge in [0.05, 0.1) is 0 Å². The molecule has 5 saturated carbocycles. The molecule has 12 atom stereocenters. The van der Waals surface area contributed by atoms with Crippen LogP contribution in [-0.4, -0.2) is 17.9 Å². The topological polar surface area (TPSA) is 43.4 Å². The summed E-state index contributed by atoms with van der Waals surface area (Å²) in [7, 11) is 0. The van der Waals surface area contributed by atoms with Gasteiger partial charge in [0.15, 0.2) is 0 Å². The number of Topliss-reactive ketones (excluding diaryl/α,β-unsaturated/α-hetero) is 1. The lowest BCUT2D eigenvalue weighted by Gasteiger charge is -2.63. The van der Waals surface area contributed by atoms with E-state index in [9.17, 15) is 9.59 Å². The molecule has 0 saturated heterocycles. The predicted octanol–water partition coefficient (Wildman–Crippen LogP) is 7.07. The zero-order chi connectivity index (χ0) is 23.7.